The van der Waals surface area contributed by atoms with Gasteiger partial charge in [-0.05, 0) is 72.3 Å². The molecule has 0 bridgehead atoms. The predicted molar refractivity (Wildman–Crippen MR) is 114 cm³/mol. The van der Waals surface area contributed by atoms with Crippen molar-refractivity contribution >= 4 is 23.5 Å². The minimum atomic E-state index is -0.353. The summed E-state index contributed by atoms with van der Waals surface area (Å²) >= 11 is 0. The zero-order chi connectivity index (χ0) is 21.1. The zero-order valence-electron chi connectivity index (χ0n) is 16.5. The van der Waals surface area contributed by atoms with Gasteiger partial charge >= 0.3 is 0 Å². The molecule has 150 valence electrons. The van der Waals surface area contributed by atoms with Crippen LogP contribution in [0.5, 0.6) is 11.5 Å². The van der Waals surface area contributed by atoms with E-state index in [1.54, 1.807) is 56.7 Å². The first kappa shape index (κ1) is 19.4. The van der Waals surface area contributed by atoms with E-state index in [-0.39, 0.29) is 17.4 Å². The van der Waals surface area contributed by atoms with Gasteiger partial charge in [0.25, 0.3) is 5.91 Å². The molecule has 0 saturated carbocycles. The maximum Gasteiger partial charge on any atom is 0.282 e. The first-order valence-electron chi connectivity index (χ1n) is 9.28. The Bertz CT molecular complexity index is 1120. The van der Waals surface area contributed by atoms with E-state index in [4.69, 9.17) is 9.47 Å². The molecule has 0 aromatic heterocycles. The highest BCUT2D eigenvalue weighted by atomic mass is 19.1. The highest BCUT2D eigenvalue weighted by Crippen LogP contribution is 2.29. The van der Waals surface area contributed by atoms with E-state index in [2.05, 4.69) is 4.99 Å². The molecule has 4 rings (SSSR count). The fourth-order valence-corrected chi connectivity index (χ4v) is 3.14. The number of halogens is 1. The highest BCUT2D eigenvalue weighted by molar-refractivity contribution is 6.33. The van der Waals surface area contributed by atoms with Gasteiger partial charge in [0, 0.05) is 5.56 Å². The second kappa shape index (κ2) is 8.21. The van der Waals surface area contributed by atoms with Crippen molar-refractivity contribution in [1.82, 2.24) is 0 Å². The molecular formula is C24H19FN2O3. The van der Waals surface area contributed by atoms with Crippen molar-refractivity contribution in [1.29, 1.82) is 0 Å². The summed E-state index contributed by atoms with van der Waals surface area (Å²) in [6.45, 7) is 0. The van der Waals surface area contributed by atoms with Crippen LogP contribution >= 0.6 is 0 Å². The lowest BCUT2D eigenvalue weighted by Crippen LogP contribution is -2.32. The van der Waals surface area contributed by atoms with E-state index < -0.39 is 0 Å². The van der Waals surface area contributed by atoms with Crippen molar-refractivity contribution in [3.05, 3.63) is 95.4 Å². The molecule has 5 nitrogen and oxygen atoms in total. The summed E-state index contributed by atoms with van der Waals surface area (Å²) in [5.41, 5.74) is 2.38. The first-order chi connectivity index (χ1) is 14.6. The summed E-state index contributed by atoms with van der Waals surface area (Å²) in [6.07, 6.45) is 1.72. The summed E-state index contributed by atoms with van der Waals surface area (Å²) in [5, 5.41) is 0. The van der Waals surface area contributed by atoms with Gasteiger partial charge in [-0.2, -0.15) is 0 Å². The van der Waals surface area contributed by atoms with Crippen LogP contribution in [-0.4, -0.2) is 26.0 Å². The van der Waals surface area contributed by atoms with Gasteiger partial charge in [-0.1, -0.05) is 12.1 Å². The van der Waals surface area contributed by atoms with Gasteiger partial charge in [0.15, 0.2) is 0 Å². The highest BCUT2D eigenvalue weighted by Gasteiger charge is 2.32. The number of amidine groups is 1. The standard InChI is InChI=1S/C24H19FN2O3/c1-29-20-11-3-16(4-12-20)15-22-24(28)27(19-9-13-21(30-2)14-10-19)23(26-22)17-5-7-18(25)8-6-17/h3-15H,1-2H3/b22-15+. The Morgan fingerprint density at radius 2 is 1.40 bits per heavy atom. The smallest absolute Gasteiger partial charge is 0.282 e. The number of carbonyl (C=O) groups is 1. The van der Waals surface area contributed by atoms with E-state index in [1.807, 2.05) is 24.3 Å². The molecule has 3 aromatic rings. The third-order valence-electron chi connectivity index (χ3n) is 4.71. The first-order valence-corrected chi connectivity index (χ1v) is 9.28. The molecule has 0 radical (unpaired) electrons. The molecule has 1 heterocycles. The van der Waals surface area contributed by atoms with Gasteiger partial charge in [0.05, 0.1) is 19.9 Å². The van der Waals surface area contributed by atoms with Crippen LogP contribution in [0.4, 0.5) is 10.1 Å². The monoisotopic (exact) mass is 402 g/mol. The number of benzene rings is 3. The average Bonchev–Trinajstić information content (AvgIpc) is 3.10. The van der Waals surface area contributed by atoms with E-state index in [9.17, 15) is 9.18 Å². The minimum Gasteiger partial charge on any atom is -0.497 e. The van der Waals surface area contributed by atoms with Crippen LogP contribution in [-0.2, 0) is 4.79 Å². The third-order valence-corrected chi connectivity index (χ3v) is 4.71. The zero-order valence-corrected chi connectivity index (χ0v) is 16.5. The topological polar surface area (TPSA) is 51.1 Å². The van der Waals surface area contributed by atoms with Crippen LogP contribution in [0.3, 0.4) is 0 Å². The third kappa shape index (κ3) is 3.80. The van der Waals surface area contributed by atoms with Crippen molar-refractivity contribution < 1.29 is 18.7 Å². The molecule has 0 N–H and O–H groups in total. The molecule has 6 heteroatoms. The average molecular weight is 402 g/mol. The molecular weight excluding hydrogens is 383 g/mol. The lowest BCUT2D eigenvalue weighted by atomic mass is 10.1. The van der Waals surface area contributed by atoms with Gasteiger partial charge in [-0.3, -0.25) is 9.69 Å². The molecule has 0 atom stereocenters. The molecule has 0 spiro atoms. The largest absolute Gasteiger partial charge is 0.497 e. The normalized spacial score (nSPS) is 14.8. The van der Waals surface area contributed by atoms with Crippen molar-refractivity contribution in [3.63, 3.8) is 0 Å². The van der Waals surface area contributed by atoms with Gasteiger partial charge in [0.1, 0.15) is 28.8 Å². The SMILES string of the molecule is COc1ccc(/C=C2/N=C(c3ccc(F)cc3)N(c3ccc(OC)cc3)C2=O)cc1. The molecule has 1 aliphatic rings. The van der Waals surface area contributed by atoms with Crippen molar-refractivity contribution in [2.24, 2.45) is 4.99 Å². The van der Waals surface area contributed by atoms with E-state index in [0.29, 0.717) is 22.8 Å². The number of anilines is 1. The second-order valence-corrected chi connectivity index (χ2v) is 6.58. The Labute approximate surface area is 173 Å². The Hall–Kier alpha value is -3.93. The Balaban J connectivity index is 1.77. The summed E-state index contributed by atoms with van der Waals surface area (Å²) in [5.74, 6) is 1.22. The summed E-state index contributed by atoms with van der Waals surface area (Å²) in [7, 11) is 3.18. The molecule has 0 aliphatic carbocycles. The van der Waals surface area contributed by atoms with E-state index >= 15 is 0 Å². The maximum atomic E-state index is 13.4. The fraction of sp³-hybridized carbons (Fsp3) is 0.0833. The van der Waals surface area contributed by atoms with Crippen molar-refractivity contribution in [3.8, 4) is 11.5 Å². The van der Waals surface area contributed by atoms with Crippen LogP contribution in [0.2, 0.25) is 0 Å². The van der Waals surface area contributed by atoms with Crippen LogP contribution in [0.25, 0.3) is 6.08 Å². The van der Waals surface area contributed by atoms with Gasteiger partial charge in [-0.15, -0.1) is 0 Å². The Kier molecular flexibility index (Phi) is 5.30. The quantitative estimate of drug-likeness (QED) is 0.583. The van der Waals surface area contributed by atoms with Crippen molar-refractivity contribution in [2.45, 2.75) is 0 Å². The Morgan fingerprint density at radius 3 is 1.97 bits per heavy atom. The van der Waals surface area contributed by atoms with Crippen LogP contribution in [0.15, 0.2) is 83.5 Å². The number of aliphatic imine (C=N–C) groups is 1. The number of methoxy groups -OCH3 is 2. The molecule has 0 fully saturated rings. The lowest BCUT2D eigenvalue weighted by molar-refractivity contribution is -0.113. The molecule has 0 saturated heterocycles. The number of amides is 1. The predicted octanol–water partition coefficient (Wildman–Crippen LogP) is 4.68. The van der Waals surface area contributed by atoms with Gasteiger partial charge < -0.3 is 9.47 Å². The molecule has 1 amide bonds. The van der Waals surface area contributed by atoms with Crippen molar-refractivity contribution in [2.75, 3.05) is 19.1 Å². The van der Waals surface area contributed by atoms with Crippen LogP contribution in [0.1, 0.15) is 11.1 Å². The summed E-state index contributed by atoms with van der Waals surface area (Å²) in [6, 6.07) is 20.4. The maximum absolute atomic E-state index is 13.4. The van der Waals surface area contributed by atoms with Crippen LogP contribution < -0.4 is 14.4 Å². The lowest BCUT2D eigenvalue weighted by Gasteiger charge is -2.18. The second-order valence-electron chi connectivity index (χ2n) is 6.58. The Morgan fingerprint density at radius 1 is 0.833 bits per heavy atom. The fourth-order valence-electron chi connectivity index (χ4n) is 3.14. The number of nitrogens with zero attached hydrogens (tertiary/aromatic N) is 2. The minimum absolute atomic E-state index is 0.268. The number of rotatable bonds is 5. The van der Waals surface area contributed by atoms with Crippen LogP contribution in [0, 0.1) is 5.82 Å². The molecule has 30 heavy (non-hydrogen) atoms. The van der Waals surface area contributed by atoms with E-state index in [0.717, 1.165) is 11.3 Å². The summed E-state index contributed by atoms with van der Waals surface area (Å²) in [4.78, 5) is 19.3. The molecule has 3 aromatic carbocycles. The number of hydrogen-bond acceptors (Lipinski definition) is 4. The number of ether oxygens (including phenoxy) is 2. The summed E-state index contributed by atoms with van der Waals surface area (Å²) < 4.78 is 23.8. The molecule has 0 unspecified atom stereocenters. The number of hydrogen-bond donors (Lipinski definition) is 0. The molecule has 1 aliphatic heterocycles. The van der Waals surface area contributed by atoms with E-state index in [1.165, 1.54) is 17.0 Å². The van der Waals surface area contributed by atoms with Gasteiger partial charge in [-0.25, -0.2) is 9.38 Å². The number of carbonyl (C=O) groups excluding carboxylic acids is 1. The van der Waals surface area contributed by atoms with Gasteiger partial charge in [0.2, 0.25) is 0 Å².